The first kappa shape index (κ1) is 21.8. The van der Waals surface area contributed by atoms with Gasteiger partial charge in [0.1, 0.15) is 6.10 Å². The van der Waals surface area contributed by atoms with Crippen molar-refractivity contribution in [3.05, 3.63) is 81.4 Å². The predicted octanol–water partition coefficient (Wildman–Crippen LogP) is 6.38. The molecule has 2 atom stereocenters. The zero-order valence-corrected chi connectivity index (χ0v) is 19.7. The minimum absolute atomic E-state index is 0.0165. The second-order valence-electron chi connectivity index (χ2n) is 9.61. The highest BCUT2D eigenvalue weighted by Gasteiger charge is 2.43. The van der Waals surface area contributed by atoms with Gasteiger partial charge in [-0.1, -0.05) is 66.0 Å². The van der Waals surface area contributed by atoms with E-state index in [1.165, 1.54) is 12.0 Å². The van der Waals surface area contributed by atoms with Gasteiger partial charge in [0.25, 0.3) is 0 Å². The normalized spacial score (nSPS) is 24.9. The van der Waals surface area contributed by atoms with E-state index in [0.29, 0.717) is 29.1 Å². The van der Waals surface area contributed by atoms with E-state index in [-0.39, 0.29) is 23.8 Å². The van der Waals surface area contributed by atoms with Gasteiger partial charge in [-0.25, -0.2) is 4.79 Å². The maximum Gasteiger partial charge on any atom is 0.318 e. The van der Waals surface area contributed by atoms with E-state index in [9.17, 15) is 4.79 Å². The number of nitrogens with zero attached hydrogens (tertiary/aromatic N) is 1. The summed E-state index contributed by atoms with van der Waals surface area (Å²) in [5, 5.41) is 4.74. The number of amides is 2. The minimum atomic E-state index is -0.237. The van der Waals surface area contributed by atoms with Crippen LogP contribution in [0, 0.1) is 5.92 Å². The highest BCUT2D eigenvalue weighted by Crippen LogP contribution is 2.43. The maximum atomic E-state index is 12.9. The van der Waals surface area contributed by atoms with E-state index in [2.05, 4.69) is 18.3 Å². The van der Waals surface area contributed by atoms with Crippen molar-refractivity contribution in [1.82, 2.24) is 10.2 Å². The average molecular weight is 471 g/mol. The third kappa shape index (κ3) is 4.54. The summed E-state index contributed by atoms with van der Waals surface area (Å²) in [6.07, 6.45) is 6.27. The largest absolute Gasteiger partial charge is 0.362 e. The number of nitrogens with one attached hydrogen (secondary N) is 1. The van der Waals surface area contributed by atoms with E-state index < -0.39 is 0 Å². The molecule has 168 valence electrons. The van der Waals surface area contributed by atoms with Gasteiger partial charge in [0.05, 0.1) is 19.2 Å². The van der Waals surface area contributed by atoms with Gasteiger partial charge in [0.2, 0.25) is 0 Å². The van der Waals surface area contributed by atoms with Gasteiger partial charge in [-0.15, -0.1) is 0 Å². The van der Waals surface area contributed by atoms with E-state index in [1.54, 1.807) is 0 Å². The number of ether oxygens (including phenoxy) is 1. The van der Waals surface area contributed by atoms with Crippen molar-refractivity contribution in [2.45, 2.75) is 50.4 Å². The molecule has 6 heteroatoms. The summed E-state index contributed by atoms with van der Waals surface area (Å²) >= 11 is 12.2. The fourth-order valence-corrected chi connectivity index (χ4v) is 5.63. The Morgan fingerprint density at radius 1 is 1.06 bits per heavy atom. The SMILES string of the molecule is CC1CC2=CCC(NC(=O)N3CC(OC(c4ccc(Cl)cc4)c4ccc(Cl)cc4)C3)(C2)C1. The fourth-order valence-electron chi connectivity index (χ4n) is 5.38. The van der Waals surface area contributed by atoms with Crippen LogP contribution in [0.5, 0.6) is 0 Å². The molecule has 2 aromatic rings. The monoisotopic (exact) mass is 470 g/mol. The first-order valence-electron chi connectivity index (χ1n) is 11.3. The first-order valence-corrected chi connectivity index (χ1v) is 12.1. The van der Waals surface area contributed by atoms with Crippen LogP contribution in [-0.4, -0.2) is 35.7 Å². The molecule has 2 aliphatic carbocycles. The Balaban J connectivity index is 1.22. The third-order valence-electron chi connectivity index (χ3n) is 6.88. The zero-order chi connectivity index (χ0) is 22.3. The van der Waals surface area contributed by atoms with Crippen molar-refractivity contribution in [1.29, 1.82) is 0 Å². The summed E-state index contributed by atoms with van der Waals surface area (Å²) in [5.41, 5.74) is 3.48. The van der Waals surface area contributed by atoms with Crippen LogP contribution in [0.3, 0.4) is 0 Å². The highest BCUT2D eigenvalue weighted by atomic mass is 35.5. The Bertz CT molecular complexity index is 970. The molecule has 3 aliphatic rings. The first-order chi connectivity index (χ1) is 15.4. The van der Waals surface area contributed by atoms with Crippen LogP contribution in [0.4, 0.5) is 4.79 Å². The number of hydrogen-bond acceptors (Lipinski definition) is 2. The molecule has 0 spiro atoms. The van der Waals surface area contributed by atoms with Gasteiger partial charge < -0.3 is 15.0 Å². The van der Waals surface area contributed by atoms with Crippen molar-refractivity contribution < 1.29 is 9.53 Å². The van der Waals surface area contributed by atoms with E-state index in [0.717, 1.165) is 30.4 Å². The molecule has 2 aromatic carbocycles. The molecule has 1 saturated carbocycles. The number of halogens is 2. The molecular weight excluding hydrogens is 443 g/mol. The number of likely N-dealkylation sites (tertiary alicyclic amines) is 1. The second kappa shape index (κ2) is 8.74. The average Bonchev–Trinajstić information content (AvgIpc) is 3.03. The smallest absolute Gasteiger partial charge is 0.318 e. The number of hydrogen-bond donors (Lipinski definition) is 1. The maximum absolute atomic E-state index is 12.9. The quantitative estimate of drug-likeness (QED) is 0.514. The molecule has 2 amide bonds. The molecule has 1 aliphatic heterocycles. The topological polar surface area (TPSA) is 41.6 Å². The number of carbonyl (C=O) groups excluding carboxylic acids is 1. The lowest BCUT2D eigenvalue weighted by Crippen LogP contribution is -2.62. The second-order valence-corrected chi connectivity index (χ2v) is 10.5. The van der Waals surface area contributed by atoms with Crippen molar-refractivity contribution in [2.75, 3.05) is 13.1 Å². The predicted molar refractivity (Wildman–Crippen MR) is 128 cm³/mol. The van der Waals surface area contributed by atoms with Crippen LogP contribution in [0.25, 0.3) is 0 Å². The standard InChI is InChI=1S/C26H28Cl2N2O2/c1-17-12-18-10-11-26(13-17,14-18)29-25(31)30-15-23(16-30)32-24(19-2-6-21(27)7-3-19)20-4-8-22(28)9-5-20/h2-10,17,23-24H,11-16H2,1H3,(H,29,31). The summed E-state index contributed by atoms with van der Waals surface area (Å²) in [4.78, 5) is 14.8. The lowest BCUT2D eigenvalue weighted by atomic mass is 9.78. The molecule has 1 saturated heterocycles. The Kier molecular flexibility index (Phi) is 5.96. The Morgan fingerprint density at radius 3 is 2.25 bits per heavy atom. The van der Waals surface area contributed by atoms with E-state index in [4.69, 9.17) is 27.9 Å². The Morgan fingerprint density at radius 2 is 1.66 bits per heavy atom. The molecule has 2 bridgehead atoms. The molecule has 1 heterocycles. The number of carbonyl (C=O) groups is 1. The highest BCUT2D eigenvalue weighted by molar-refractivity contribution is 6.30. The molecular formula is C26H28Cl2N2O2. The molecule has 5 rings (SSSR count). The minimum Gasteiger partial charge on any atom is -0.362 e. The lowest BCUT2D eigenvalue weighted by Gasteiger charge is -2.44. The Labute approximate surface area is 199 Å². The molecule has 4 nitrogen and oxygen atoms in total. The number of benzene rings is 2. The van der Waals surface area contributed by atoms with Crippen LogP contribution in [0.2, 0.25) is 10.0 Å². The van der Waals surface area contributed by atoms with Gasteiger partial charge in [-0.3, -0.25) is 0 Å². The summed E-state index contributed by atoms with van der Waals surface area (Å²) in [5.74, 6) is 0.629. The number of urea groups is 1. The van der Waals surface area contributed by atoms with Gasteiger partial charge in [-0.2, -0.15) is 0 Å². The Hall–Kier alpha value is -2.01. The number of fused-ring (bicyclic) bond motifs is 2. The molecule has 32 heavy (non-hydrogen) atoms. The molecule has 0 aromatic heterocycles. The lowest BCUT2D eigenvalue weighted by molar-refractivity contribution is -0.0655. The molecule has 2 unspecified atom stereocenters. The zero-order valence-electron chi connectivity index (χ0n) is 18.2. The van der Waals surface area contributed by atoms with Gasteiger partial charge in [-0.05, 0) is 67.0 Å². The van der Waals surface area contributed by atoms with E-state index >= 15 is 0 Å². The van der Waals surface area contributed by atoms with Crippen LogP contribution >= 0.6 is 23.2 Å². The van der Waals surface area contributed by atoms with Crippen molar-refractivity contribution >= 4 is 29.2 Å². The summed E-state index contributed by atoms with van der Waals surface area (Å²) in [7, 11) is 0. The molecule has 0 radical (unpaired) electrons. The summed E-state index contributed by atoms with van der Waals surface area (Å²) < 4.78 is 6.47. The summed E-state index contributed by atoms with van der Waals surface area (Å²) in [6.45, 7) is 3.46. The van der Waals surface area contributed by atoms with Crippen molar-refractivity contribution in [2.24, 2.45) is 5.92 Å². The fraction of sp³-hybridized carbons (Fsp3) is 0.423. The van der Waals surface area contributed by atoms with Crippen molar-refractivity contribution in [3.63, 3.8) is 0 Å². The number of rotatable bonds is 5. The van der Waals surface area contributed by atoms with Crippen LogP contribution < -0.4 is 5.32 Å². The third-order valence-corrected chi connectivity index (χ3v) is 7.38. The van der Waals surface area contributed by atoms with Crippen LogP contribution in [0.1, 0.15) is 49.8 Å². The van der Waals surface area contributed by atoms with Crippen LogP contribution in [0.15, 0.2) is 60.2 Å². The van der Waals surface area contributed by atoms with Gasteiger partial charge in [0, 0.05) is 15.6 Å². The van der Waals surface area contributed by atoms with E-state index in [1.807, 2.05) is 53.4 Å². The summed E-state index contributed by atoms with van der Waals surface area (Å²) in [6, 6.07) is 15.5. The van der Waals surface area contributed by atoms with Crippen molar-refractivity contribution in [3.8, 4) is 0 Å². The van der Waals surface area contributed by atoms with Crippen LogP contribution in [-0.2, 0) is 4.74 Å². The molecule has 1 N–H and O–H groups in total. The van der Waals surface area contributed by atoms with Gasteiger partial charge >= 0.3 is 6.03 Å². The molecule has 2 fully saturated rings. The van der Waals surface area contributed by atoms with Gasteiger partial charge in [0.15, 0.2) is 0 Å².